The highest BCUT2D eigenvalue weighted by molar-refractivity contribution is 7.81. The van der Waals surface area contributed by atoms with Gasteiger partial charge in [0.1, 0.15) is 11.9 Å². The largest absolute Gasteiger partial charge is 0.507 e. The fraction of sp³-hybridized carbons (Fsp3) is 0.280. The second kappa shape index (κ2) is 11.6. The zero-order valence-corrected chi connectivity index (χ0v) is 19.4. The van der Waals surface area contributed by atoms with Crippen LogP contribution in [0, 0.1) is 6.92 Å². The van der Waals surface area contributed by atoms with Crippen molar-refractivity contribution in [1.82, 2.24) is 0 Å². The van der Waals surface area contributed by atoms with Gasteiger partial charge in [-0.2, -0.15) is 12.6 Å². The molecule has 0 aliphatic heterocycles. The summed E-state index contributed by atoms with van der Waals surface area (Å²) < 4.78 is 16.6. The molecule has 0 spiro atoms. The number of aromatic hydroxyl groups is 1. The second-order valence-corrected chi connectivity index (χ2v) is 7.79. The van der Waals surface area contributed by atoms with E-state index in [-0.39, 0.29) is 24.5 Å². The second-order valence-electron chi connectivity index (χ2n) is 7.48. The SMILES string of the molecule is CO[C@H](CCOC(=O)CS)[C@H](OC(=O)Nc1ccc(C)cc1)c1ccc(O)c2ccccc12. The number of thiol groups is 1. The van der Waals surface area contributed by atoms with Crippen molar-refractivity contribution in [3.05, 3.63) is 71.8 Å². The van der Waals surface area contributed by atoms with Gasteiger partial charge in [-0.3, -0.25) is 10.1 Å². The summed E-state index contributed by atoms with van der Waals surface area (Å²) in [5, 5.41) is 14.4. The third kappa shape index (κ3) is 6.40. The Hall–Kier alpha value is -3.23. The zero-order valence-electron chi connectivity index (χ0n) is 18.5. The minimum atomic E-state index is -0.833. The number of phenols is 1. The number of rotatable bonds is 9. The number of amides is 1. The minimum absolute atomic E-state index is 0.0286. The minimum Gasteiger partial charge on any atom is -0.507 e. The van der Waals surface area contributed by atoms with Crippen LogP contribution in [0.4, 0.5) is 10.5 Å². The van der Waals surface area contributed by atoms with Gasteiger partial charge in [0.2, 0.25) is 0 Å². The Morgan fingerprint density at radius 3 is 2.39 bits per heavy atom. The number of nitrogens with one attached hydrogen (secondary N) is 1. The Balaban J connectivity index is 1.90. The quantitative estimate of drug-likeness (QED) is 0.301. The number of carbonyl (C=O) groups is 2. The van der Waals surface area contributed by atoms with Crippen LogP contribution >= 0.6 is 12.6 Å². The molecule has 0 aliphatic carbocycles. The van der Waals surface area contributed by atoms with Crippen molar-refractivity contribution in [2.24, 2.45) is 0 Å². The molecule has 0 heterocycles. The van der Waals surface area contributed by atoms with Crippen molar-refractivity contribution in [1.29, 1.82) is 0 Å². The maximum absolute atomic E-state index is 12.8. The molecule has 8 heteroatoms. The fourth-order valence-corrected chi connectivity index (χ4v) is 3.61. The van der Waals surface area contributed by atoms with Crippen molar-refractivity contribution < 1.29 is 28.9 Å². The molecule has 0 radical (unpaired) electrons. The van der Waals surface area contributed by atoms with Gasteiger partial charge >= 0.3 is 12.1 Å². The average molecular weight is 470 g/mol. The summed E-state index contributed by atoms with van der Waals surface area (Å²) in [6.45, 7) is 2.03. The molecule has 3 aromatic rings. The molecule has 0 fully saturated rings. The van der Waals surface area contributed by atoms with Crippen molar-refractivity contribution in [3.8, 4) is 5.75 Å². The van der Waals surface area contributed by atoms with Crippen LogP contribution in [-0.2, 0) is 19.0 Å². The molecule has 0 aliphatic rings. The van der Waals surface area contributed by atoms with Crippen molar-refractivity contribution in [2.75, 3.05) is 24.8 Å². The molecule has 0 aromatic heterocycles. The molecule has 2 N–H and O–H groups in total. The monoisotopic (exact) mass is 469 g/mol. The van der Waals surface area contributed by atoms with Crippen LogP contribution in [0.3, 0.4) is 0 Å². The van der Waals surface area contributed by atoms with Crippen LogP contribution in [0.25, 0.3) is 10.8 Å². The molecular weight excluding hydrogens is 442 g/mol. The van der Waals surface area contributed by atoms with Crippen LogP contribution in [0.15, 0.2) is 60.7 Å². The number of benzene rings is 3. The smallest absolute Gasteiger partial charge is 0.412 e. The van der Waals surface area contributed by atoms with E-state index >= 15 is 0 Å². The lowest BCUT2D eigenvalue weighted by molar-refractivity contribution is -0.141. The first kappa shape index (κ1) is 24.4. The number of phenolic OH excluding ortho intramolecular Hbond substituents is 1. The number of fused-ring (bicyclic) bond motifs is 1. The summed E-state index contributed by atoms with van der Waals surface area (Å²) in [6.07, 6.45) is -1.82. The van der Waals surface area contributed by atoms with Crippen LogP contribution in [0.5, 0.6) is 5.75 Å². The number of aryl methyl sites for hydroxylation is 1. The molecule has 0 saturated carbocycles. The van der Waals surface area contributed by atoms with E-state index in [0.717, 1.165) is 10.9 Å². The van der Waals surface area contributed by atoms with Gasteiger partial charge in [-0.15, -0.1) is 0 Å². The molecule has 0 unspecified atom stereocenters. The number of hydrogen-bond donors (Lipinski definition) is 3. The number of methoxy groups -OCH3 is 1. The van der Waals surface area contributed by atoms with E-state index in [1.165, 1.54) is 7.11 Å². The predicted octanol–water partition coefficient (Wildman–Crippen LogP) is 5.02. The molecule has 0 saturated heterocycles. The lowest BCUT2D eigenvalue weighted by Crippen LogP contribution is -2.29. The summed E-state index contributed by atoms with van der Waals surface area (Å²) in [5.41, 5.74) is 2.32. The summed E-state index contributed by atoms with van der Waals surface area (Å²) >= 11 is 3.90. The Labute approximate surface area is 198 Å². The van der Waals surface area contributed by atoms with Crippen LogP contribution in [-0.4, -0.2) is 42.7 Å². The normalized spacial score (nSPS) is 12.7. The van der Waals surface area contributed by atoms with Crippen molar-refractivity contribution in [2.45, 2.75) is 25.6 Å². The van der Waals surface area contributed by atoms with E-state index in [0.29, 0.717) is 16.6 Å². The molecule has 3 aromatic carbocycles. The van der Waals surface area contributed by atoms with Gasteiger partial charge in [0.05, 0.1) is 12.4 Å². The number of hydrogen-bond acceptors (Lipinski definition) is 7. The van der Waals surface area contributed by atoms with E-state index in [9.17, 15) is 14.7 Å². The van der Waals surface area contributed by atoms with Gasteiger partial charge in [0.15, 0.2) is 6.10 Å². The highest BCUT2D eigenvalue weighted by Gasteiger charge is 2.29. The summed E-state index contributed by atoms with van der Waals surface area (Å²) in [5.74, 6) is -0.356. The van der Waals surface area contributed by atoms with Crippen LogP contribution < -0.4 is 5.32 Å². The Bertz CT molecular complexity index is 1100. The Morgan fingerprint density at radius 2 is 1.73 bits per heavy atom. The maximum Gasteiger partial charge on any atom is 0.412 e. The summed E-state index contributed by atoms with van der Waals surface area (Å²) in [6, 6.07) is 17.9. The molecule has 1 amide bonds. The van der Waals surface area contributed by atoms with Gasteiger partial charge in [-0.05, 0) is 30.5 Å². The highest BCUT2D eigenvalue weighted by atomic mass is 32.1. The number of carbonyl (C=O) groups excluding carboxylic acids is 2. The van der Waals surface area contributed by atoms with Crippen LogP contribution in [0.2, 0.25) is 0 Å². The van der Waals surface area contributed by atoms with Crippen molar-refractivity contribution >= 4 is 41.2 Å². The van der Waals surface area contributed by atoms with Gasteiger partial charge in [-0.1, -0.05) is 48.0 Å². The van der Waals surface area contributed by atoms with E-state index < -0.39 is 24.3 Å². The molecule has 174 valence electrons. The van der Waals surface area contributed by atoms with Crippen LogP contribution in [0.1, 0.15) is 23.7 Å². The zero-order chi connectivity index (χ0) is 23.8. The molecule has 7 nitrogen and oxygen atoms in total. The van der Waals surface area contributed by atoms with Gasteiger partial charge in [0, 0.05) is 30.2 Å². The van der Waals surface area contributed by atoms with E-state index in [1.54, 1.807) is 30.3 Å². The van der Waals surface area contributed by atoms with Gasteiger partial charge in [-0.25, -0.2) is 4.79 Å². The first-order chi connectivity index (χ1) is 15.9. The predicted molar refractivity (Wildman–Crippen MR) is 130 cm³/mol. The van der Waals surface area contributed by atoms with E-state index in [1.807, 2.05) is 37.3 Å². The maximum atomic E-state index is 12.8. The lowest BCUT2D eigenvalue weighted by atomic mass is 9.95. The third-order valence-corrected chi connectivity index (χ3v) is 5.47. The van der Waals surface area contributed by atoms with Crippen molar-refractivity contribution in [3.63, 3.8) is 0 Å². The molecule has 2 atom stereocenters. The average Bonchev–Trinajstić information content (AvgIpc) is 2.82. The standard InChI is InChI=1S/C25H27NO6S/c1-16-7-9-17(10-8-16)26-25(29)32-24(22(30-2)13-14-31-23(28)15-33)20-11-12-21(27)19-6-4-3-5-18(19)20/h3-12,22,24,27,33H,13-15H2,1-2H3,(H,26,29)/t22-,24-/m1/s1. The Kier molecular flexibility index (Phi) is 8.57. The highest BCUT2D eigenvalue weighted by Crippen LogP contribution is 2.35. The van der Waals surface area contributed by atoms with Gasteiger partial charge < -0.3 is 19.3 Å². The first-order valence-corrected chi connectivity index (χ1v) is 11.1. The topological polar surface area (TPSA) is 94.1 Å². The summed E-state index contributed by atoms with van der Waals surface area (Å²) in [4.78, 5) is 24.3. The van der Waals surface area contributed by atoms with Gasteiger partial charge in [0.25, 0.3) is 0 Å². The fourth-order valence-electron chi connectivity index (χ4n) is 3.52. The van der Waals surface area contributed by atoms with E-state index in [4.69, 9.17) is 14.2 Å². The number of ether oxygens (including phenoxy) is 3. The van der Waals surface area contributed by atoms with E-state index in [2.05, 4.69) is 17.9 Å². The lowest BCUT2D eigenvalue weighted by Gasteiger charge is -2.27. The third-order valence-electron chi connectivity index (χ3n) is 5.21. The summed E-state index contributed by atoms with van der Waals surface area (Å²) in [7, 11) is 1.50. The Morgan fingerprint density at radius 1 is 1.03 bits per heavy atom. The molecule has 3 rings (SSSR count). The molecule has 33 heavy (non-hydrogen) atoms. The molecule has 0 bridgehead atoms. The number of esters is 1. The molecular formula is C25H27NO6S. The number of anilines is 1. The first-order valence-electron chi connectivity index (χ1n) is 10.5.